The fourth-order valence-electron chi connectivity index (χ4n) is 3.53. The van der Waals surface area contributed by atoms with E-state index in [2.05, 4.69) is 17.1 Å². The molecule has 2 saturated heterocycles. The van der Waals surface area contributed by atoms with Crippen molar-refractivity contribution in [2.45, 2.75) is 32.9 Å². The Bertz CT molecular complexity index is 606. The van der Waals surface area contributed by atoms with Gasteiger partial charge in [0.15, 0.2) is 5.96 Å². The Balaban J connectivity index is 0.00000225. The number of likely N-dealkylation sites (tertiary alicyclic amines) is 1. The summed E-state index contributed by atoms with van der Waals surface area (Å²) in [4.78, 5) is 7.01. The SMILES string of the molecule is CCNC(=NCc1ccc(F)c(CO)c1)N1CCC2(CCOC2)C1.I. The minimum Gasteiger partial charge on any atom is -0.392 e. The smallest absolute Gasteiger partial charge is 0.194 e. The summed E-state index contributed by atoms with van der Waals surface area (Å²) >= 11 is 0. The maximum Gasteiger partial charge on any atom is 0.194 e. The summed E-state index contributed by atoms with van der Waals surface area (Å²) in [7, 11) is 0. The van der Waals surface area contributed by atoms with E-state index in [0.717, 1.165) is 57.2 Å². The van der Waals surface area contributed by atoms with Gasteiger partial charge in [0.2, 0.25) is 0 Å². The highest BCUT2D eigenvalue weighted by atomic mass is 127. The lowest BCUT2D eigenvalue weighted by Gasteiger charge is -2.25. The average molecular weight is 463 g/mol. The van der Waals surface area contributed by atoms with Crippen LogP contribution in [0.25, 0.3) is 0 Å². The Kier molecular flexibility index (Phi) is 7.45. The van der Waals surface area contributed by atoms with E-state index in [1.807, 2.05) is 0 Å². The zero-order valence-corrected chi connectivity index (χ0v) is 17.0. The average Bonchev–Trinajstić information content (AvgIpc) is 3.23. The molecule has 5 nitrogen and oxygen atoms in total. The van der Waals surface area contributed by atoms with Gasteiger partial charge in [-0.1, -0.05) is 6.07 Å². The van der Waals surface area contributed by atoms with Crippen molar-refractivity contribution in [1.29, 1.82) is 0 Å². The number of rotatable bonds is 4. The fourth-order valence-corrected chi connectivity index (χ4v) is 3.53. The van der Waals surface area contributed by atoms with Crippen LogP contribution >= 0.6 is 24.0 Å². The lowest BCUT2D eigenvalue weighted by atomic mass is 9.87. The second-order valence-corrected chi connectivity index (χ2v) is 6.73. The van der Waals surface area contributed by atoms with Crippen molar-refractivity contribution in [3.05, 3.63) is 35.1 Å². The van der Waals surface area contributed by atoms with Gasteiger partial charge in [0, 0.05) is 37.2 Å². The summed E-state index contributed by atoms with van der Waals surface area (Å²) in [6.07, 6.45) is 2.27. The summed E-state index contributed by atoms with van der Waals surface area (Å²) in [6, 6.07) is 4.79. The van der Waals surface area contributed by atoms with Gasteiger partial charge in [0.25, 0.3) is 0 Å². The molecule has 2 aliphatic heterocycles. The predicted octanol–water partition coefficient (Wildman–Crippen LogP) is 2.51. The van der Waals surface area contributed by atoms with Crippen LogP contribution in [0.5, 0.6) is 0 Å². The standard InChI is InChI=1S/C18H26FN3O2.HI/c1-2-20-17(22-7-5-18(12-22)6-8-24-13-18)21-10-14-3-4-16(19)15(9-14)11-23;/h3-4,9,23H,2,5-8,10-13H2,1H3,(H,20,21);1H. The van der Waals surface area contributed by atoms with Gasteiger partial charge in [0.1, 0.15) is 5.82 Å². The number of aliphatic imine (C=N–C) groups is 1. The first kappa shape index (κ1) is 20.4. The van der Waals surface area contributed by atoms with E-state index < -0.39 is 0 Å². The van der Waals surface area contributed by atoms with Crippen molar-refractivity contribution in [2.24, 2.45) is 10.4 Å². The predicted molar refractivity (Wildman–Crippen MR) is 107 cm³/mol. The second-order valence-electron chi connectivity index (χ2n) is 6.73. The van der Waals surface area contributed by atoms with E-state index in [1.54, 1.807) is 12.1 Å². The molecule has 1 atom stereocenters. The van der Waals surface area contributed by atoms with E-state index in [0.29, 0.717) is 12.1 Å². The van der Waals surface area contributed by atoms with Crippen molar-refractivity contribution in [2.75, 3.05) is 32.8 Å². The Morgan fingerprint density at radius 1 is 1.44 bits per heavy atom. The topological polar surface area (TPSA) is 57.1 Å². The normalized spacial score (nSPS) is 23.2. The quantitative estimate of drug-likeness (QED) is 0.410. The number of aliphatic hydroxyl groups excluding tert-OH is 1. The molecular weight excluding hydrogens is 436 g/mol. The van der Waals surface area contributed by atoms with Gasteiger partial charge in [-0.3, -0.25) is 0 Å². The minimum atomic E-state index is -0.375. The lowest BCUT2D eigenvalue weighted by Crippen LogP contribution is -2.41. The second kappa shape index (κ2) is 9.14. The number of halogens is 2. The molecule has 1 aromatic rings. The number of hydrogen-bond donors (Lipinski definition) is 2. The van der Waals surface area contributed by atoms with Gasteiger partial charge in [-0.15, -0.1) is 24.0 Å². The van der Waals surface area contributed by atoms with Gasteiger partial charge >= 0.3 is 0 Å². The van der Waals surface area contributed by atoms with E-state index >= 15 is 0 Å². The summed E-state index contributed by atoms with van der Waals surface area (Å²) in [5.41, 5.74) is 1.50. The van der Waals surface area contributed by atoms with E-state index in [-0.39, 0.29) is 41.8 Å². The van der Waals surface area contributed by atoms with Crippen LogP contribution in [-0.4, -0.2) is 48.8 Å². The number of hydrogen-bond acceptors (Lipinski definition) is 3. The third kappa shape index (κ3) is 4.83. The van der Waals surface area contributed by atoms with Crippen LogP contribution in [0, 0.1) is 11.2 Å². The zero-order valence-electron chi connectivity index (χ0n) is 14.6. The van der Waals surface area contributed by atoms with Crippen molar-refractivity contribution < 1.29 is 14.2 Å². The number of benzene rings is 1. The number of nitrogens with zero attached hydrogens (tertiary/aromatic N) is 2. The minimum absolute atomic E-state index is 0. The fraction of sp³-hybridized carbons (Fsp3) is 0.611. The van der Waals surface area contributed by atoms with Gasteiger partial charge in [-0.2, -0.15) is 0 Å². The van der Waals surface area contributed by atoms with Crippen molar-refractivity contribution >= 4 is 29.9 Å². The summed E-state index contributed by atoms with van der Waals surface area (Å²) in [5.74, 6) is 0.524. The molecule has 0 amide bonds. The molecule has 2 N–H and O–H groups in total. The van der Waals surface area contributed by atoms with Gasteiger partial charge in [-0.25, -0.2) is 9.38 Å². The van der Waals surface area contributed by atoms with Crippen molar-refractivity contribution in [1.82, 2.24) is 10.2 Å². The molecule has 0 saturated carbocycles. The Morgan fingerprint density at radius 2 is 2.28 bits per heavy atom. The number of ether oxygens (including phenoxy) is 1. The van der Waals surface area contributed by atoms with E-state index in [9.17, 15) is 9.50 Å². The first-order valence-corrected chi connectivity index (χ1v) is 8.65. The maximum absolute atomic E-state index is 13.5. The highest BCUT2D eigenvalue weighted by molar-refractivity contribution is 14.0. The molecule has 2 fully saturated rings. The monoisotopic (exact) mass is 463 g/mol. The van der Waals surface area contributed by atoms with Crippen LogP contribution in [0.15, 0.2) is 23.2 Å². The summed E-state index contributed by atoms with van der Waals surface area (Å²) < 4.78 is 19.1. The number of nitrogens with one attached hydrogen (secondary N) is 1. The third-order valence-electron chi connectivity index (χ3n) is 4.95. The molecule has 1 spiro atoms. The van der Waals surface area contributed by atoms with Crippen molar-refractivity contribution in [3.63, 3.8) is 0 Å². The first-order valence-electron chi connectivity index (χ1n) is 8.65. The number of aliphatic hydroxyl groups is 1. The number of guanidine groups is 1. The Morgan fingerprint density at radius 3 is 2.96 bits per heavy atom. The maximum atomic E-state index is 13.5. The lowest BCUT2D eigenvalue weighted by molar-refractivity contribution is 0.156. The molecule has 2 heterocycles. The molecule has 2 aliphatic rings. The van der Waals surface area contributed by atoms with Crippen molar-refractivity contribution in [3.8, 4) is 0 Å². The molecular formula is C18H27FIN3O2. The largest absolute Gasteiger partial charge is 0.392 e. The molecule has 25 heavy (non-hydrogen) atoms. The van der Waals surface area contributed by atoms with Gasteiger partial charge in [0.05, 0.1) is 19.8 Å². The highest BCUT2D eigenvalue weighted by Crippen LogP contribution is 2.38. The molecule has 3 rings (SSSR count). The van der Waals surface area contributed by atoms with Crippen LogP contribution in [0.3, 0.4) is 0 Å². The van der Waals surface area contributed by atoms with Crippen LogP contribution in [0.2, 0.25) is 0 Å². The molecule has 0 aliphatic carbocycles. The molecule has 140 valence electrons. The van der Waals surface area contributed by atoms with Crippen LogP contribution in [0.1, 0.15) is 30.9 Å². The molecule has 1 unspecified atom stereocenters. The Hall–Kier alpha value is -0.930. The van der Waals surface area contributed by atoms with E-state index in [4.69, 9.17) is 9.73 Å². The molecule has 0 radical (unpaired) electrons. The zero-order chi connectivity index (χ0) is 17.0. The van der Waals surface area contributed by atoms with Crippen LogP contribution in [-0.2, 0) is 17.9 Å². The highest BCUT2D eigenvalue weighted by Gasteiger charge is 2.42. The molecule has 0 bridgehead atoms. The van der Waals surface area contributed by atoms with Crippen LogP contribution < -0.4 is 5.32 Å². The summed E-state index contributed by atoms with van der Waals surface area (Å²) in [5, 5.41) is 12.5. The van der Waals surface area contributed by atoms with Gasteiger partial charge < -0.3 is 20.1 Å². The van der Waals surface area contributed by atoms with Crippen LogP contribution in [0.4, 0.5) is 4.39 Å². The molecule has 7 heteroatoms. The first-order chi connectivity index (χ1) is 11.7. The molecule has 0 aromatic heterocycles. The molecule has 1 aromatic carbocycles. The Labute approximate surface area is 165 Å². The van der Waals surface area contributed by atoms with E-state index in [1.165, 1.54) is 6.07 Å². The third-order valence-corrected chi connectivity index (χ3v) is 4.95. The van der Waals surface area contributed by atoms with Gasteiger partial charge in [-0.05, 0) is 37.5 Å². The summed E-state index contributed by atoms with van der Waals surface area (Å²) in [6.45, 7) is 6.71.